The quantitative estimate of drug-likeness (QED) is 0.925. The lowest BCUT2D eigenvalue weighted by atomic mass is 9.97. The van der Waals surface area contributed by atoms with Crippen LogP contribution in [-0.4, -0.2) is 25.5 Å². The van der Waals surface area contributed by atoms with Crippen molar-refractivity contribution in [3.05, 3.63) is 29.8 Å². The van der Waals surface area contributed by atoms with Gasteiger partial charge in [-0.2, -0.15) is 0 Å². The fourth-order valence-corrected chi connectivity index (χ4v) is 2.54. The molecule has 4 heteroatoms. The molecule has 19 heavy (non-hydrogen) atoms. The number of hydrogen-bond acceptors (Lipinski definition) is 2. The Balaban J connectivity index is 0.00000180. The standard InChI is InChI=1S/C15H22N2O.ClH/c1-3-17(14-8-4-6-12(2)10-14)15(18)13-7-5-9-16-11-13;/h4,6,8,10,13,16H,3,5,7,9,11H2,1-2H3;1H/t13-;/m1./s1. The highest BCUT2D eigenvalue weighted by Gasteiger charge is 2.25. The second kappa shape index (κ2) is 7.51. The lowest BCUT2D eigenvalue weighted by Gasteiger charge is -2.29. The summed E-state index contributed by atoms with van der Waals surface area (Å²) in [5, 5.41) is 3.31. The third-order valence-electron chi connectivity index (χ3n) is 3.54. The Bertz CT molecular complexity index is 416. The second-order valence-electron chi connectivity index (χ2n) is 4.96. The molecule has 1 aromatic carbocycles. The molecular formula is C15H23ClN2O. The van der Waals surface area contributed by atoms with Gasteiger partial charge >= 0.3 is 0 Å². The Morgan fingerprint density at radius 1 is 1.47 bits per heavy atom. The second-order valence-corrected chi connectivity index (χ2v) is 4.96. The van der Waals surface area contributed by atoms with Crippen molar-refractivity contribution in [1.82, 2.24) is 5.32 Å². The van der Waals surface area contributed by atoms with E-state index in [0.717, 1.165) is 38.2 Å². The number of benzene rings is 1. The first-order valence-corrected chi connectivity index (χ1v) is 6.81. The van der Waals surface area contributed by atoms with Crippen LogP contribution in [0.1, 0.15) is 25.3 Å². The largest absolute Gasteiger partial charge is 0.316 e. The van der Waals surface area contributed by atoms with Gasteiger partial charge < -0.3 is 10.2 Å². The van der Waals surface area contributed by atoms with Crippen LogP contribution >= 0.6 is 12.4 Å². The van der Waals surface area contributed by atoms with Crippen molar-refractivity contribution in [2.24, 2.45) is 5.92 Å². The van der Waals surface area contributed by atoms with Crippen molar-refractivity contribution in [3.63, 3.8) is 0 Å². The average molecular weight is 283 g/mol. The maximum atomic E-state index is 12.5. The average Bonchev–Trinajstić information content (AvgIpc) is 2.40. The number of hydrogen-bond donors (Lipinski definition) is 1. The van der Waals surface area contributed by atoms with Crippen molar-refractivity contribution in [1.29, 1.82) is 0 Å². The molecule has 0 radical (unpaired) electrons. The summed E-state index contributed by atoms with van der Waals surface area (Å²) in [5.74, 6) is 0.398. The van der Waals surface area contributed by atoms with E-state index in [0.29, 0.717) is 0 Å². The van der Waals surface area contributed by atoms with Gasteiger partial charge in [0.25, 0.3) is 0 Å². The smallest absolute Gasteiger partial charge is 0.231 e. The van der Waals surface area contributed by atoms with Crippen molar-refractivity contribution in [2.45, 2.75) is 26.7 Å². The Morgan fingerprint density at radius 3 is 2.84 bits per heavy atom. The van der Waals surface area contributed by atoms with Gasteiger partial charge in [-0.15, -0.1) is 12.4 Å². The summed E-state index contributed by atoms with van der Waals surface area (Å²) in [5.41, 5.74) is 2.22. The van der Waals surface area contributed by atoms with Crippen LogP contribution in [0.25, 0.3) is 0 Å². The predicted molar refractivity (Wildman–Crippen MR) is 82.0 cm³/mol. The van der Waals surface area contributed by atoms with Crippen LogP contribution in [0.3, 0.4) is 0 Å². The summed E-state index contributed by atoms with van der Waals surface area (Å²) in [6.07, 6.45) is 2.11. The van der Waals surface area contributed by atoms with Crippen LogP contribution in [0.2, 0.25) is 0 Å². The van der Waals surface area contributed by atoms with E-state index in [1.54, 1.807) is 0 Å². The van der Waals surface area contributed by atoms with E-state index in [-0.39, 0.29) is 24.2 Å². The molecule has 0 saturated carbocycles. The Hall–Kier alpha value is -1.06. The van der Waals surface area contributed by atoms with Crippen molar-refractivity contribution >= 4 is 24.0 Å². The molecule has 0 spiro atoms. The molecule has 0 unspecified atom stereocenters. The van der Waals surface area contributed by atoms with E-state index in [9.17, 15) is 4.79 Å². The molecule has 1 saturated heterocycles. The molecule has 106 valence electrons. The van der Waals surface area contributed by atoms with E-state index in [1.807, 2.05) is 24.0 Å². The fraction of sp³-hybridized carbons (Fsp3) is 0.533. The molecule has 3 nitrogen and oxygen atoms in total. The van der Waals surface area contributed by atoms with Gasteiger partial charge in [0.05, 0.1) is 5.92 Å². The number of aryl methyl sites for hydroxylation is 1. The minimum Gasteiger partial charge on any atom is -0.316 e. The Kier molecular flexibility index (Phi) is 6.32. The highest BCUT2D eigenvalue weighted by atomic mass is 35.5. The summed E-state index contributed by atoms with van der Waals surface area (Å²) in [6.45, 7) is 6.70. The van der Waals surface area contributed by atoms with Gasteiger partial charge in [-0.3, -0.25) is 4.79 Å². The van der Waals surface area contributed by atoms with E-state index in [2.05, 4.69) is 24.4 Å². The number of carbonyl (C=O) groups is 1. The lowest BCUT2D eigenvalue weighted by molar-refractivity contribution is -0.122. The minimum absolute atomic E-state index is 0. The molecule has 2 rings (SSSR count). The molecule has 1 atom stereocenters. The number of halogens is 1. The number of nitrogens with zero attached hydrogens (tertiary/aromatic N) is 1. The molecular weight excluding hydrogens is 260 g/mol. The number of anilines is 1. The highest BCUT2D eigenvalue weighted by molar-refractivity contribution is 5.95. The molecule has 0 bridgehead atoms. The van der Waals surface area contributed by atoms with E-state index in [4.69, 9.17) is 0 Å². The number of rotatable bonds is 3. The van der Waals surface area contributed by atoms with Gasteiger partial charge in [0.1, 0.15) is 0 Å². The van der Waals surface area contributed by atoms with Crippen LogP contribution in [0.4, 0.5) is 5.69 Å². The first kappa shape index (κ1) is 16.0. The van der Waals surface area contributed by atoms with E-state index >= 15 is 0 Å². The van der Waals surface area contributed by atoms with Gasteiger partial charge in [-0.05, 0) is 50.9 Å². The summed E-state index contributed by atoms with van der Waals surface area (Å²) in [4.78, 5) is 14.4. The highest BCUT2D eigenvalue weighted by Crippen LogP contribution is 2.21. The van der Waals surface area contributed by atoms with Gasteiger partial charge in [-0.1, -0.05) is 12.1 Å². The van der Waals surface area contributed by atoms with Crippen LogP contribution in [0.5, 0.6) is 0 Å². The molecule has 1 aromatic rings. The molecule has 0 aliphatic carbocycles. The van der Waals surface area contributed by atoms with Gasteiger partial charge in [0.15, 0.2) is 0 Å². The molecule has 1 aliphatic heterocycles. The number of piperidine rings is 1. The SMILES string of the molecule is CCN(C(=O)[C@@H]1CCCNC1)c1cccc(C)c1.Cl. The zero-order valence-corrected chi connectivity index (χ0v) is 12.5. The van der Waals surface area contributed by atoms with Gasteiger partial charge in [0, 0.05) is 18.8 Å². The third kappa shape index (κ3) is 3.95. The number of carbonyl (C=O) groups excluding carboxylic acids is 1. The molecule has 0 aromatic heterocycles. The van der Waals surface area contributed by atoms with Gasteiger partial charge in [-0.25, -0.2) is 0 Å². The third-order valence-corrected chi connectivity index (χ3v) is 3.54. The molecule has 1 N–H and O–H groups in total. The van der Waals surface area contributed by atoms with E-state index < -0.39 is 0 Å². The zero-order chi connectivity index (χ0) is 13.0. The molecule has 1 heterocycles. The normalized spacial score (nSPS) is 18.5. The summed E-state index contributed by atoms with van der Waals surface area (Å²) in [6, 6.07) is 8.17. The minimum atomic E-state index is 0. The van der Waals surface area contributed by atoms with E-state index in [1.165, 1.54) is 5.56 Å². The van der Waals surface area contributed by atoms with Gasteiger partial charge in [0.2, 0.25) is 5.91 Å². The van der Waals surface area contributed by atoms with Crippen LogP contribution in [0, 0.1) is 12.8 Å². The first-order chi connectivity index (χ1) is 8.72. The zero-order valence-electron chi connectivity index (χ0n) is 11.7. The number of amides is 1. The fourth-order valence-electron chi connectivity index (χ4n) is 2.54. The van der Waals surface area contributed by atoms with Crippen LogP contribution in [0.15, 0.2) is 24.3 Å². The summed E-state index contributed by atoms with van der Waals surface area (Å²) < 4.78 is 0. The first-order valence-electron chi connectivity index (χ1n) is 6.81. The Morgan fingerprint density at radius 2 is 2.26 bits per heavy atom. The maximum Gasteiger partial charge on any atom is 0.231 e. The lowest BCUT2D eigenvalue weighted by Crippen LogP contribution is -2.43. The van der Waals surface area contributed by atoms with Crippen molar-refractivity contribution < 1.29 is 4.79 Å². The summed E-state index contributed by atoms with van der Waals surface area (Å²) in [7, 11) is 0. The van der Waals surface area contributed by atoms with Crippen molar-refractivity contribution in [3.8, 4) is 0 Å². The Labute approximate surface area is 121 Å². The van der Waals surface area contributed by atoms with Crippen LogP contribution in [-0.2, 0) is 4.79 Å². The topological polar surface area (TPSA) is 32.3 Å². The number of nitrogens with one attached hydrogen (secondary N) is 1. The molecule has 1 aliphatic rings. The van der Waals surface area contributed by atoms with Crippen LogP contribution < -0.4 is 10.2 Å². The maximum absolute atomic E-state index is 12.5. The summed E-state index contributed by atoms with van der Waals surface area (Å²) >= 11 is 0. The van der Waals surface area contributed by atoms with Crippen molar-refractivity contribution in [2.75, 3.05) is 24.5 Å². The molecule has 1 fully saturated rings. The predicted octanol–water partition coefficient (Wildman–Crippen LogP) is 2.77. The molecule has 1 amide bonds. The monoisotopic (exact) mass is 282 g/mol.